The third-order valence-corrected chi connectivity index (χ3v) is 4.64. The van der Waals surface area contributed by atoms with Gasteiger partial charge in [-0.25, -0.2) is 0 Å². The largest absolute Gasteiger partial charge is 3.00 e. The van der Waals surface area contributed by atoms with Gasteiger partial charge in [-0.15, -0.1) is 0 Å². The maximum atomic E-state index is 11.1. The van der Waals surface area contributed by atoms with Gasteiger partial charge in [0.1, 0.15) is 0 Å². The number of aliphatic carboxylic acids is 3. The SMILES string of the molecule is NCCNCN1CCN(CC(=O)[O-])CCN(CC(=O)[O-])CCN(CC(=O)[O-])CC1.[Gd+3]. The second-order valence-corrected chi connectivity index (χ2v) is 7.01. The van der Waals surface area contributed by atoms with Crippen LogP contribution in [0.1, 0.15) is 0 Å². The van der Waals surface area contributed by atoms with Gasteiger partial charge in [0.05, 0.1) is 17.9 Å². The molecule has 1 rings (SSSR count). The van der Waals surface area contributed by atoms with Crippen molar-refractivity contribution in [1.82, 2.24) is 24.9 Å². The summed E-state index contributed by atoms with van der Waals surface area (Å²) < 4.78 is 0. The van der Waals surface area contributed by atoms with Crippen LogP contribution in [-0.2, 0) is 14.4 Å². The van der Waals surface area contributed by atoms with Crippen LogP contribution in [0.2, 0.25) is 0 Å². The van der Waals surface area contributed by atoms with Crippen molar-refractivity contribution >= 4 is 17.9 Å². The number of nitrogens with zero attached hydrogens (tertiary/aromatic N) is 4. The van der Waals surface area contributed by atoms with Crippen LogP contribution in [0.4, 0.5) is 0 Å². The van der Waals surface area contributed by atoms with Crippen molar-refractivity contribution in [3.63, 3.8) is 0 Å². The normalized spacial score (nSPS) is 18.7. The van der Waals surface area contributed by atoms with Crippen molar-refractivity contribution in [2.24, 2.45) is 5.73 Å². The third-order valence-electron chi connectivity index (χ3n) is 4.64. The first-order valence-electron chi connectivity index (χ1n) is 9.70. The Morgan fingerprint density at radius 3 is 1.23 bits per heavy atom. The zero-order valence-electron chi connectivity index (χ0n) is 17.1. The van der Waals surface area contributed by atoms with E-state index in [1.165, 1.54) is 0 Å². The topological polar surface area (TPSA) is 171 Å². The van der Waals surface area contributed by atoms with Gasteiger partial charge in [-0.05, 0) is 0 Å². The summed E-state index contributed by atoms with van der Waals surface area (Å²) in [6.07, 6.45) is 0. The molecule has 173 valence electrons. The Balaban J connectivity index is 0.00000841. The van der Waals surface area contributed by atoms with Gasteiger partial charge in [-0.1, -0.05) is 0 Å². The first-order chi connectivity index (χ1) is 13.8. The van der Waals surface area contributed by atoms with Gasteiger partial charge in [0.15, 0.2) is 0 Å². The molecule has 12 nitrogen and oxygen atoms in total. The molecule has 1 aliphatic rings. The summed E-state index contributed by atoms with van der Waals surface area (Å²) in [6, 6.07) is 0. The monoisotopic (exact) mass is 573 g/mol. The summed E-state index contributed by atoms with van der Waals surface area (Å²) in [5.41, 5.74) is 5.49. The van der Waals surface area contributed by atoms with E-state index in [2.05, 4.69) is 10.2 Å². The van der Waals surface area contributed by atoms with Gasteiger partial charge in [-0.2, -0.15) is 0 Å². The van der Waals surface area contributed by atoms with Crippen LogP contribution in [0.25, 0.3) is 0 Å². The molecule has 1 heterocycles. The molecule has 0 spiro atoms. The molecule has 1 saturated heterocycles. The van der Waals surface area contributed by atoms with Crippen molar-refractivity contribution in [3.8, 4) is 0 Å². The van der Waals surface area contributed by atoms with Crippen molar-refractivity contribution in [1.29, 1.82) is 0 Å². The molecule has 1 aliphatic heterocycles. The Hall–Kier alpha value is -0.505. The fraction of sp³-hybridized carbons (Fsp3) is 0.824. The smallest absolute Gasteiger partial charge is 0.549 e. The number of nitrogens with two attached hydrogens (primary N) is 1. The van der Waals surface area contributed by atoms with Crippen molar-refractivity contribution < 1.29 is 69.6 Å². The molecular formula is C17H31GdN6O6. The molecule has 0 atom stereocenters. The maximum absolute atomic E-state index is 11.1. The zero-order valence-corrected chi connectivity index (χ0v) is 19.3. The molecule has 0 aromatic rings. The summed E-state index contributed by atoms with van der Waals surface area (Å²) in [7, 11) is 0. The molecule has 0 aromatic carbocycles. The molecule has 30 heavy (non-hydrogen) atoms. The second-order valence-electron chi connectivity index (χ2n) is 7.01. The predicted octanol–water partition coefficient (Wildman–Crippen LogP) is -7.04. The van der Waals surface area contributed by atoms with Crippen LogP contribution < -0.4 is 26.4 Å². The van der Waals surface area contributed by atoms with E-state index in [0.717, 1.165) is 0 Å². The van der Waals surface area contributed by atoms with Crippen LogP contribution >= 0.6 is 0 Å². The minimum Gasteiger partial charge on any atom is -0.549 e. The fourth-order valence-electron chi connectivity index (χ4n) is 3.10. The van der Waals surface area contributed by atoms with E-state index < -0.39 is 17.9 Å². The van der Waals surface area contributed by atoms with E-state index in [9.17, 15) is 29.7 Å². The van der Waals surface area contributed by atoms with E-state index in [-0.39, 0.29) is 59.6 Å². The second kappa shape index (κ2) is 17.1. The predicted molar refractivity (Wildman–Crippen MR) is 97.8 cm³/mol. The Labute approximate surface area is 209 Å². The molecule has 0 saturated carbocycles. The average molecular weight is 573 g/mol. The van der Waals surface area contributed by atoms with Gasteiger partial charge in [0.25, 0.3) is 0 Å². The zero-order chi connectivity index (χ0) is 21.6. The fourth-order valence-corrected chi connectivity index (χ4v) is 3.10. The summed E-state index contributed by atoms with van der Waals surface area (Å²) in [5, 5.41) is 36.3. The summed E-state index contributed by atoms with van der Waals surface area (Å²) in [6.45, 7) is 4.11. The number of carboxylic acids is 3. The molecule has 0 unspecified atom stereocenters. The molecular weight excluding hydrogens is 541 g/mol. The first kappa shape index (κ1) is 29.5. The summed E-state index contributed by atoms with van der Waals surface area (Å²) >= 11 is 0. The standard InChI is InChI=1S/C17H34N6O6.Gd/c18-1-2-19-14-23-9-7-21(12-16(26)27)5-3-20(11-15(24)25)4-6-22(8-10-23)13-17(28)29;/h19H,1-14,18H2,(H,24,25)(H,26,27)(H,28,29);/q;+3/p-3. The third kappa shape index (κ3) is 14.5. The summed E-state index contributed by atoms with van der Waals surface area (Å²) in [4.78, 5) is 40.2. The number of carbonyl (C=O) groups excluding carboxylic acids is 3. The van der Waals surface area contributed by atoms with E-state index in [0.29, 0.717) is 72.1 Å². The quantitative estimate of drug-likeness (QED) is 0.237. The Morgan fingerprint density at radius 1 is 0.667 bits per heavy atom. The number of hydrogen-bond acceptors (Lipinski definition) is 12. The van der Waals surface area contributed by atoms with E-state index in [4.69, 9.17) is 5.73 Å². The van der Waals surface area contributed by atoms with Gasteiger partial charge in [0, 0.05) is 91.8 Å². The van der Waals surface area contributed by atoms with Crippen LogP contribution in [-0.4, -0.2) is 129 Å². The molecule has 0 aliphatic carbocycles. The number of rotatable bonds is 10. The molecule has 1 radical (unpaired) electrons. The molecule has 0 amide bonds. The van der Waals surface area contributed by atoms with Gasteiger partial charge in [0.2, 0.25) is 0 Å². The van der Waals surface area contributed by atoms with E-state index >= 15 is 0 Å². The molecule has 1 fully saturated rings. The average Bonchev–Trinajstić information content (AvgIpc) is 2.62. The minimum atomic E-state index is -1.24. The van der Waals surface area contributed by atoms with Gasteiger partial charge in [-0.3, -0.25) is 19.6 Å². The van der Waals surface area contributed by atoms with Crippen molar-refractivity contribution in [3.05, 3.63) is 0 Å². The van der Waals surface area contributed by atoms with Crippen molar-refractivity contribution in [2.45, 2.75) is 0 Å². The molecule has 13 heteroatoms. The Morgan fingerprint density at radius 2 is 0.967 bits per heavy atom. The van der Waals surface area contributed by atoms with Crippen LogP contribution in [0.5, 0.6) is 0 Å². The number of carboxylic acid groups (broad SMARTS) is 3. The molecule has 3 N–H and O–H groups in total. The van der Waals surface area contributed by atoms with E-state index in [1.54, 1.807) is 14.7 Å². The van der Waals surface area contributed by atoms with Crippen molar-refractivity contribution in [2.75, 3.05) is 91.8 Å². The Bertz CT molecular complexity index is 497. The number of nitrogens with one attached hydrogen (secondary N) is 1. The minimum absolute atomic E-state index is 0. The summed E-state index contributed by atoms with van der Waals surface area (Å²) in [5.74, 6) is -3.64. The van der Waals surface area contributed by atoms with E-state index in [1.807, 2.05) is 0 Å². The Kier molecular flexibility index (Phi) is 16.8. The van der Waals surface area contributed by atoms with Crippen LogP contribution in [0.15, 0.2) is 0 Å². The molecule has 0 aromatic heterocycles. The maximum Gasteiger partial charge on any atom is 3.00 e. The number of hydrogen-bond donors (Lipinski definition) is 2. The van der Waals surface area contributed by atoms with Gasteiger partial charge >= 0.3 is 39.9 Å². The van der Waals surface area contributed by atoms with Crippen LogP contribution in [0, 0.1) is 39.9 Å². The molecule has 0 bridgehead atoms. The first-order valence-corrected chi connectivity index (χ1v) is 9.70. The number of carbonyl (C=O) groups is 3. The van der Waals surface area contributed by atoms with Gasteiger partial charge < -0.3 is 40.8 Å². The van der Waals surface area contributed by atoms with Crippen LogP contribution in [0.3, 0.4) is 0 Å².